The smallest absolute Gasteiger partial charge is 0.407 e. The minimum absolute atomic E-state index is 0.309. The average Bonchev–Trinajstić information content (AvgIpc) is 2.99. The summed E-state index contributed by atoms with van der Waals surface area (Å²) in [6.45, 7) is 9.59. The molecule has 1 aliphatic rings. The fraction of sp³-hybridized carbons (Fsp3) is 0.400. The number of nitrogens with one attached hydrogen (secondary N) is 1. The van der Waals surface area contributed by atoms with E-state index in [1.807, 2.05) is 71.0 Å². The van der Waals surface area contributed by atoms with E-state index in [4.69, 9.17) is 48.9 Å². The number of rotatable bonds is 12. The van der Waals surface area contributed by atoms with E-state index in [9.17, 15) is 9.59 Å². The van der Waals surface area contributed by atoms with Crippen molar-refractivity contribution in [2.45, 2.75) is 90.2 Å². The Morgan fingerprint density at radius 1 is 0.913 bits per heavy atom. The van der Waals surface area contributed by atoms with Crippen molar-refractivity contribution in [1.29, 1.82) is 0 Å². The number of halogens is 2. The van der Waals surface area contributed by atoms with Gasteiger partial charge in [0, 0.05) is 6.54 Å². The summed E-state index contributed by atoms with van der Waals surface area (Å²) in [5.41, 5.74) is 14.8. The highest BCUT2D eigenvalue weighted by Gasteiger charge is 2.29. The Bertz CT molecular complexity index is 1610. The summed E-state index contributed by atoms with van der Waals surface area (Å²) in [6, 6.07) is 17.6. The predicted octanol–water partition coefficient (Wildman–Crippen LogP) is 7.36. The standard InChI is InChI=1S/C35H42Cl2N4O5/c1-21-31(39)41-28-19-25(10-12-29(28)44-21)30(38)32(42)45-34(2,3)15-13-22-7-6-8-24(17-22)20-40-33(43)46-35(4,5)16-14-23-9-11-26(36)27(37)18-23/h6-12,17-19,21,30H,13-16,20,38H2,1-5H3,(H2,39,41)(H,40,43). The summed E-state index contributed by atoms with van der Waals surface area (Å²) < 4.78 is 17.3. The summed E-state index contributed by atoms with van der Waals surface area (Å²) in [4.78, 5) is 29.9. The molecule has 46 heavy (non-hydrogen) atoms. The molecule has 1 heterocycles. The Labute approximate surface area is 280 Å². The average molecular weight is 670 g/mol. The third kappa shape index (κ3) is 9.85. The number of carbonyl (C=O) groups excluding carboxylic acids is 2. The fourth-order valence-electron chi connectivity index (χ4n) is 4.91. The van der Waals surface area contributed by atoms with Crippen molar-refractivity contribution in [3.05, 3.63) is 93.0 Å². The molecule has 1 aliphatic heterocycles. The molecule has 246 valence electrons. The van der Waals surface area contributed by atoms with Gasteiger partial charge in [-0.25, -0.2) is 14.6 Å². The lowest BCUT2D eigenvalue weighted by Gasteiger charge is -2.27. The van der Waals surface area contributed by atoms with E-state index < -0.39 is 29.3 Å². The van der Waals surface area contributed by atoms with Gasteiger partial charge in [-0.3, -0.25) is 0 Å². The van der Waals surface area contributed by atoms with Crippen molar-refractivity contribution < 1.29 is 23.8 Å². The fourth-order valence-corrected chi connectivity index (χ4v) is 5.23. The zero-order valence-electron chi connectivity index (χ0n) is 26.9. The van der Waals surface area contributed by atoms with Crippen LogP contribution >= 0.6 is 23.2 Å². The molecule has 3 aromatic carbocycles. The Kier molecular flexibility index (Phi) is 11.2. The van der Waals surface area contributed by atoms with E-state index in [1.54, 1.807) is 24.3 Å². The van der Waals surface area contributed by atoms with Gasteiger partial charge in [0.1, 0.15) is 34.5 Å². The van der Waals surface area contributed by atoms with Gasteiger partial charge < -0.3 is 31.0 Å². The number of nitrogens with zero attached hydrogens (tertiary/aromatic N) is 1. The van der Waals surface area contributed by atoms with E-state index in [-0.39, 0.29) is 6.10 Å². The van der Waals surface area contributed by atoms with Crippen LogP contribution in [0.4, 0.5) is 10.5 Å². The zero-order valence-corrected chi connectivity index (χ0v) is 28.4. The highest BCUT2D eigenvalue weighted by Crippen LogP contribution is 2.34. The molecule has 0 aromatic heterocycles. The number of aryl methyl sites for hydroxylation is 2. The first kappa shape index (κ1) is 35.1. The lowest BCUT2D eigenvalue weighted by Crippen LogP contribution is -2.35. The van der Waals surface area contributed by atoms with Gasteiger partial charge in [0.25, 0.3) is 0 Å². The maximum Gasteiger partial charge on any atom is 0.407 e. The monoisotopic (exact) mass is 668 g/mol. The number of amidine groups is 1. The van der Waals surface area contributed by atoms with Gasteiger partial charge in [-0.05, 0) is 107 Å². The van der Waals surface area contributed by atoms with Crippen molar-refractivity contribution >= 4 is 46.8 Å². The molecule has 0 radical (unpaired) electrons. The second-order valence-corrected chi connectivity index (χ2v) is 13.6. The quantitative estimate of drug-likeness (QED) is 0.171. The molecule has 4 rings (SSSR count). The van der Waals surface area contributed by atoms with Gasteiger partial charge in [0.15, 0.2) is 6.10 Å². The van der Waals surface area contributed by atoms with Crippen LogP contribution in [0.3, 0.4) is 0 Å². The number of esters is 1. The van der Waals surface area contributed by atoms with Crippen LogP contribution in [-0.4, -0.2) is 35.2 Å². The number of hydrogen-bond donors (Lipinski definition) is 3. The van der Waals surface area contributed by atoms with Crippen LogP contribution in [0.25, 0.3) is 0 Å². The molecule has 0 saturated heterocycles. The summed E-state index contributed by atoms with van der Waals surface area (Å²) in [6.07, 6.45) is 1.70. The Hall–Kier alpha value is -3.79. The van der Waals surface area contributed by atoms with Gasteiger partial charge in [0.2, 0.25) is 0 Å². The van der Waals surface area contributed by atoms with Gasteiger partial charge >= 0.3 is 12.1 Å². The molecular formula is C35H42Cl2N4O5. The molecule has 0 fully saturated rings. The van der Waals surface area contributed by atoms with Crippen molar-refractivity contribution in [2.75, 3.05) is 0 Å². The molecule has 0 spiro atoms. The summed E-state index contributed by atoms with van der Waals surface area (Å²) in [5.74, 6) is 0.405. The van der Waals surface area contributed by atoms with Crippen LogP contribution in [-0.2, 0) is 33.7 Å². The van der Waals surface area contributed by atoms with Crippen molar-refractivity contribution in [1.82, 2.24) is 5.32 Å². The minimum atomic E-state index is -0.990. The summed E-state index contributed by atoms with van der Waals surface area (Å²) in [5, 5.41) is 3.85. The van der Waals surface area contributed by atoms with Crippen LogP contribution in [0, 0.1) is 0 Å². The first-order valence-electron chi connectivity index (χ1n) is 15.2. The number of alkyl carbamates (subject to hydrolysis) is 1. The first-order valence-corrected chi connectivity index (χ1v) is 16.0. The van der Waals surface area contributed by atoms with E-state index >= 15 is 0 Å². The van der Waals surface area contributed by atoms with Crippen molar-refractivity contribution in [3.8, 4) is 5.75 Å². The van der Waals surface area contributed by atoms with Crippen LogP contribution < -0.4 is 21.5 Å². The van der Waals surface area contributed by atoms with Crippen LogP contribution in [0.5, 0.6) is 5.75 Å². The number of hydrogen-bond acceptors (Lipinski definition) is 8. The van der Waals surface area contributed by atoms with Crippen LogP contribution in [0.15, 0.2) is 65.7 Å². The Morgan fingerprint density at radius 2 is 1.57 bits per heavy atom. The van der Waals surface area contributed by atoms with Crippen LogP contribution in [0.1, 0.15) is 75.8 Å². The number of ether oxygens (including phenoxy) is 3. The summed E-state index contributed by atoms with van der Waals surface area (Å²) >= 11 is 12.1. The molecule has 11 heteroatoms. The molecule has 0 aliphatic carbocycles. The van der Waals surface area contributed by atoms with Gasteiger partial charge in [0.05, 0.1) is 10.0 Å². The third-order valence-corrected chi connectivity index (χ3v) is 8.49. The molecule has 2 unspecified atom stereocenters. The third-order valence-electron chi connectivity index (χ3n) is 7.76. The predicted molar refractivity (Wildman–Crippen MR) is 182 cm³/mol. The Morgan fingerprint density at radius 3 is 2.26 bits per heavy atom. The number of amides is 1. The number of benzene rings is 3. The highest BCUT2D eigenvalue weighted by atomic mass is 35.5. The molecule has 0 saturated carbocycles. The lowest BCUT2D eigenvalue weighted by atomic mass is 9.97. The van der Waals surface area contributed by atoms with Gasteiger partial charge in [-0.1, -0.05) is 59.6 Å². The first-order chi connectivity index (χ1) is 21.6. The molecular weight excluding hydrogens is 627 g/mol. The molecule has 1 amide bonds. The second-order valence-electron chi connectivity index (χ2n) is 12.8. The SMILES string of the molecule is CC1Oc2ccc(C(N)C(=O)OC(C)(C)CCc3cccc(CNC(=O)OC(C)(C)CCc4ccc(Cl)c(Cl)c4)c3)cc2N=C1N. The largest absolute Gasteiger partial charge is 0.481 e. The lowest BCUT2D eigenvalue weighted by molar-refractivity contribution is -0.158. The van der Waals surface area contributed by atoms with E-state index in [2.05, 4.69) is 10.3 Å². The summed E-state index contributed by atoms with van der Waals surface area (Å²) in [7, 11) is 0. The number of nitrogens with two attached hydrogens (primary N) is 2. The topological polar surface area (TPSA) is 138 Å². The van der Waals surface area contributed by atoms with Gasteiger partial charge in [-0.15, -0.1) is 0 Å². The second kappa shape index (κ2) is 14.8. The molecule has 2 atom stereocenters. The minimum Gasteiger partial charge on any atom is -0.481 e. The maximum absolute atomic E-state index is 13.0. The van der Waals surface area contributed by atoms with Gasteiger partial charge in [-0.2, -0.15) is 0 Å². The molecule has 5 N–H and O–H groups in total. The van der Waals surface area contributed by atoms with E-state index in [0.717, 1.165) is 16.7 Å². The number of fused-ring (bicyclic) bond motifs is 1. The number of carbonyl (C=O) groups is 2. The van der Waals surface area contributed by atoms with Crippen LogP contribution in [0.2, 0.25) is 10.0 Å². The molecule has 3 aromatic rings. The highest BCUT2D eigenvalue weighted by molar-refractivity contribution is 6.42. The normalized spacial score (nSPS) is 15.2. The van der Waals surface area contributed by atoms with Crippen molar-refractivity contribution in [2.24, 2.45) is 16.5 Å². The Balaban J connectivity index is 1.24. The van der Waals surface area contributed by atoms with E-state index in [0.29, 0.717) is 65.1 Å². The number of aliphatic imine (C=N–C) groups is 1. The van der Waals surface area contributed by atoms with Crippen molar-refractivity contribution in [3.63, 3.8) is 0 Å². The molecule has 0 bridgehead atoms. The molecule has 9 nitrogen and oxygen atoms in total. The van der Waals surface area contributed by atoms with E-state index in [1.165, 1.54) is 0 Å². The zero-order chi connectivity index (χ0) is 33.6. The maximum atomic E-state index is 13.0.